The minimum absolute atomic E-state index is 0.783. The highest BCUT2D eigenvalue weighted by Crippen LogP contribution is 2.34. The Labute approximate surface area is 96.6 Å². The molecule has 15 heavy (non-hydrogen) atoms. The topological polar surface area (TPSA) is 34.2 Å². The van der Waals surface area contributed by atoms with Crippen LogP contribution in [0, 0.1) is 0 Å². The molecule has 0 aliphatic rings. The Morgan fingerprint density at radius 3 is 2.80 bits per heavy atom. The number of nitrogens with one attached hydrogen (secondary N) is 1. The number of pyridine rings is 1. The van der Waals surface area contributed by atoms with Gasteiger partial charge in [-0.2, -0.15) is 0 Å². The highest BCUT2D eigenvalue weighted by atomic mass is 79.9. The van der Waals surface area contributed by atoms with Crippen molar-refractivity contribution in [2.75, 3.05) is 19.5 Å². The molecule has 1 N–H and O–H groups in total. The number of methoxy groups -OCH3 is 1. The number of benzene rings is 1. The van der Waals surface area contributed by atoms with Crippen LogP contribution in [0.4, 0.5) is 5.69 Å². The number of anilines is 1. The summed E-state index contributed by atoms with van der Waals surface area (Å²) in [6.45, 7) is 0. The van der Waals surface area contributed by atoms with E-state index in [0.29, 0.717) is 0 Å². The van der Waals surface area contributed by atoms with E-state index in [1.807, 2.05) is 25.2 Å². The molecular formula is C11H11BrN2O. The molecule has 0 saturated carbocycles. The van der Waals surface area contributed by atoms with Crippen LogP contribution in [0.2, 0.25) is 0 Å². The summed E-state index contributed by atoms with van der Waals surface area (Å²) in [7, 11) is 3.54. The molecule has 2 rings (SSSR count). The monoisotopic (exact) mass is 266 g/mol. The van der Waals surface area contributed by atoms with Crippen LogP contribution in [0.1, 0.15) is 0 Å². The van der Waals surface area contributed by atoms with Crippen molar-refractivity contribution in [3.8, 4) is 5.75 Å². The van der Waals surface area contributed by atoms with E-state index in [1.165, 1.54) is 0 Å². The molecule has 0 spiro atoms. The SMILES string of the molecule is CNc1ccnc2c(OC)ccc(Br)c12. The van der Waals surface area contributed by atoms with Gasteiger partial charge in [0.05, 0.1) is 7.11 Å². The van der Waals surface area contributed by atoms with Crippen molar-refractivity contribution in [3.63, 3.8) is 0 Å². The zero-order chi connectivity index (χ0) is 10.8. The van der Waals surface area contributed by atoms with E-state index < -0.39 is 0 Å². The normalized spacial score (nSPS) is 10.3. The minimum atomic E-state index is 0.783. The molecule has 2 aromatic rings. The van der Waals surface area contributed by atoms with Gasteiger partial charge in [-0.1, -0.05) is 15.9 Å². The number of hydrogen-bond acceptors (Lipinski definition) is 3. The Balaban J connectivity index is 2.86. The maximum absolute atomic E-state index is 5.27. The summed E-state index contributed by atoms with van der Waals surface area (Å²) in [6, 6.07) is 5.80. The standard InChI is InChI=1S/C11H11BrN2O/c1-13-8-5-6-14-11-9(15-2)4-3-7(12)10(8)11/h3-6H,1-2H3,(H,13,14). The highest BCUT2D eigenvalue weighted by molar-refractivity contribution is 9.10. The zero-order valence-corrected chi connectivity index (χ0v) is 10.1. The lowest BCUT2D eigenvalue weighted by Gasteiger charge is -2.09. The first-order valence-corrected chi connectivity index (χ1v) is 5.36. The molecule has 78 valence electrons. The van der Waals surface area contributed by atoms with Gasteiger partial charge in [0.25, 0.3) is 0 Å². The molecule has 0 fully saturated rings. The maximum Gasteiger partial charge on any atom is 0.145 e. The first-order chi connectivity index (χ1) is 7.27. The molecule has 0 radical (unpaired) electrons. The van der Waals surface area contributed by atoms with Crippen molar-refractivity contribution < 1.29 is 4.74 Å². The Kier molecular flexibility index (Phi) is 2.77. The summed E-state index contributed by atoms with van der Waals surface area (Å²) in [4.78, 5) is 4.33. The molecule has 1 aromatic heterocycles. The van der Waals surface area contributed by atoms with Crippen LogP contribution in [0.15, 0.2) is 28.9 Å². The second kappa shape index (κ2) is 4.06. The van der Waals surface area contributed by atoms with E-state index in [9.17, 15) is 0 Å². The van der Waals surface area contributed by atoms with Crippen molar-refractivity contribution in [3.05, 3.63) is 28.9 Å². The van der Waals surface area contributed by atoms with Gasteiger partial charge in [0.2, 0.25) is 0 Å². The van der Waals surface area contributed by atoms with Crippen LogP contribution in [0.25, 0.3) is 10.9 Å². The molecule has 1 aromatic carbocycles. The molecule has 0 bridgehead atoms. The number of fused-ring (bicyclic) bond motifs is 1. The van der Waals surface area contributed by atoms with E-state index in [0.717, 1.165) is 26.8 Å². The molecule has 4 heteroatoms. The van der Waals surface area contributed by atoms with Gasteiger partial charge >= 0.3 is 0 Å². The van der Waals surface area contributed by atoms with E-state index >= 15 is 0 Å². The number of halogens is 1. The van der Waals surface area contributed by atoms with Crippen LogP contribution in [-0.4, -0.2) is 19.1 Å². The van der Waals surface area contributed by atoms with E-state index in [-0.39, 0.29) is 0 Å². The number of rotatable bonds is 2. The summed E-state index contributed by atoms with van der Waals surface area (Å²) in [5.74, 6) is 0.783. The predicted molar refractivity (Wildman–Crippen MR) is 65.5 cm³/mol. The van der Waals surface area contributed by atoms with Crippen molar-refractivity contribution in [1.82, 2.24) is 4.98 Å². The molecule has 0 aliphatic heterocycles. The molecule has 0 atom stereocenters. The number of hydrogen-bond donors (Lipinski definition) is 1. The second-order valence-electron chi connectivity index (χ2n) is 3.08. The largest absolute Gasteiger partial charge is 0.494 e. The van der Waals surface area contributed by atoms with Crippen LogP contribution in [0.3, 0.4) is 0 Å². The lowest BCUT2D eigenvalue weighted by molar-refractivity contribution is 0.419. The molecule has 0 aliphatic carbocycles. The maximum atomic E-state index is 5.27. The lowest BCUT2D eigenvalue weighted by Crippen LogP contribution is -1.94. The number of aromatic nitrogens is 1. The molecule has 0 unspecified atom stereocenters. The fourth-order valence-corrected chi connectivity index (χ4v) is 2.11. The summed E-state index contributed by atoms with van der Waals surface area (Å²) in [6.07, 6.45) is 1.77. The van der Waals surface area contributed by atoms with Gasteiger partial charge in [-0.05, 0) is 18.2 Å². The van der Waals surface area contributed by atoms with Crippen molar-refractivity contribution >= 4 is 32.5 Å². The van der Waals surface area contributed by atoms with Crippen molar-refractivity contribution in [1.29, 1.82) is 0 Å². The van der Waals surface area contributed by atoms with Crippen LogP contribution in [-0.2, 0) is 0 Å². The van der Waals surface area contributed by atoms with Gasteiger partial charge in [0, 0.05) is 28.8 Å². The Bertz CT molecular complexity index is 499. The third-order valence-corrected chi connectivity index (χ3v) is 2.95. The second-order valence-corrected chi connectivity index (χ2v) is 3.94. The Morgan fingerprint density at radius 1 is 1.33 bits per heavy atom. The number of nitrogens with zero attached hydrogens (tertiary/aromatic N) is 1. The molecule has 3 nitrogen and oxygen atoms in total. The van der Waals surface area contributed by atoms with Crippen molar-refractivity contribution in [2.45, 2.75) is 0 Å². The van der Waals surface area contributed by atoms with E-state index in [4.69, 9.17) is 4.74 Å². The summed E-state index contributed by atoms with van der Waals surface area (Å²) >= 11 is 3.52. The van der Waals surface area contributed by atoms with E-state index in [1.54, 1.807) is 13.3 Å². The Morgan fingerprint density at radius 2 is 2.13 bits per heavy atom. The van der Waals surface area contributed by atoms with Gasteiger partial charge in [-0.3, -0.25) is 4.98 Å². The molecule has 1 heterocycles. The Hall–Kier alpha value is -1.29. The highest BCUT2D eigenvalue weighted by Gasteiger charge is 2.09. The summed E-state index contributed by atoms with van der Waals surface area (Å²) in [5, 5.41) is 4.18. The van der Waals surface area contributed by atoms with Crippen LogP contribution < -0.4 is 10.1 Å². The first kappa shape index (κ1) is 10.2. The van der Waals surface area contributed by atoms with Gasteiger partial charge < -0.3 is 10.1 Å². The molecule has 0 saturated heterocycles. The van der Waals surface area contributed by atoms with Crippen LogP contribution >= 0.6 is 15.9 Å². The summed E-state index contributed by atoms with van der Waals surface area (Å²) < 4.78 is 6.28. The fraction of sp³-hybridized carbons (Fsp3) is 0.182. The average Bonchev–Trinajstić information content (AvgIpc) is 2.29. The van der Waals surface area contributed by atoms with E-state index in [2.05, 4.69) is 26.2 Å². The summed E-state index contributed by atoms with van der Waals surface area (Å²) in [5.41, 5.74) is 1.89. The molecule has 0 amide bonds. The smallest absolute Gasteiger partial charge is 0.145 e. The third kappa shape index (κ3) is 1.65. The average molecular weight is 267 g/mol. The van der Waals surface area contributed by atoms with Gasteiger partial charge in [-0.15, -0.1) is 0 Å². The quantitative estimate of drug-likeness (QED) is 0.908. The lowest BCUT2D eigenvalue weighted by atomic mass is 10.2. The zero-order valence-electron chi connectivity index (χ0n) is 8.54. The van der Waals surface area contributed by atoms with Gasteiger partial charge in [0.15, 0.2) is 0 Å². The molecular weight excluding hydrogens is 256 g/mol. The fourth-order valence-electron chi connectivity index (χ4n) is 1.57. The van der Waals surface area contributed by atoms with Gasteiger partial charge in [-0.25, -0.2) is 0 Å². The first-order valence-electron chi connectivity index (χ1n) is 4.57. The number of ether oxygens (including phenoxy) is 1. The minimum Gasteiger partial charge on any atom is -0.494 e. The predicted octanol–water partition coefficient (Wildman–Crippen LogP) is 3.05. The third-order valence-electron chi connectivity index (χ3n) is 2.29. The van der Waals surface area contributed by atoms with Crippen LogP contribution in [0.5, 0.6) is 5.75 Å². The van der Waals surface area contributed by atoms with Gasteiger partial charge in [0.1, 0.15) is 11.3 Å². The van der Waals surface area contributed by atoms with Crippen molar-refractivity contribution in [2.24, 2.45) is 0 Å².